The fourth-order valence-electron chi connectivity index (χ4n) is 2.85. The highest BCUT2D eigenvalue weighted by molar-refractivity contribution is 9.10. The Labute approximate surface area is 145 Å². The van der Waals surface area contributed by atoms with Crippen molar-refractivity contribution >= 4 is 21.6 Å². The summed E-state index contributed by atoms with van der Waals surface area (Å²) in [5.74, 6) is 0.703. The summed E-state index contributed by atoms with van der Waals surface area (Å²) in [5, 5.41) is 17.7. The molecule has 1 aliphatic heterocycles. The molecule has 5 nitrogen and oxygen atoms in total. The van der Waals surface area contributed by atoms with Gasteiger partial charge >= 0.3 is 0 Å². The number of aromatic nitrogens is 3. The average molecular weight is 387 g/mol. The normalized spacial score (nSPS) is 13.0. The zero-order valence-electron chi connectivity index (χ0n) is 12.4. The summed E-state index contributed by atoms with van der Waals surface area (Å²) in [5.41, 5.74) is 2.50. The molecular weight excluding hydrogens is 375 g/mol. The molecule has 2 heterocycles. The Morgan fingerprint density at radius 2 is 1.96 bits per heavy atom. The third-order valence-corrected chi connectivity index (χ3v) is 4.39. The van der Waals surface area contributed by atoms with Crippen LogP contribution < -0.4 is 0 Å². The van der Waals surface area contributed by atoms with E-state index in [-0.39, 0.29) is 19.0 Å². The highest BCUT2D eigenvalue weighted by Gasteiger charge is 2.24. The molecule has 0 saturated heterocycles. The van der Waals surface area contributed by atoms with E-state index in [0.29, 0.717) is 22.9 Å². The van der Waals surface area contributed by atoms with Crippen molar-refractivity contribution in [3.63, 3.8) is 0 Å². The first-order valence-corrected chi connectivity index (χ1v) is 8.12. The van der Waals surface area contributed by atoms with Gasteiger partial charge in [-0.1, -0.05) is 28.1 Å². The number of benzene rings is 2. The van der Waals surface area contributed by atoms with Gasteiger partial charge in [0, 0.05) is 15.6 Å². The van der Waals surface area contributed by atoms with Crippen LogP contribution in [0.3, 0.4) is 0 Å². The number of nitrogens with zero attached hydrogens (tertiary/aromatic N) is 4. The Bertz CT molecular complexity index is 967. The number of aliphatic hydroxyl groups is 1. The summed E-state index contributed by atoms with van der Waals surface area (Å²) < 4.78 is 17.0. The third kappa shape index (κ3) is 2.37. The molecular formula is C17H12BrFN4O. The minimum absolute atomic E-state index is 0.239. The molecule has 24 heavy (non-hydrogen) atoms. The molecule has 2 aromatic carbocycles. The van der Waals surface area contributed by atoms with Gasteiger partial charge < -0.3 is 5.11 Å². The van der Waals surface area contributed by atoms with Crippen LogP contribution in [-0.4, -0.2) is 25.6 Å². The molecule has 0 fully saturated rings. The monoisotopic (exact) mass is 386 g/mol. The van der Waals surface area contributed by atoms with E-state index < -0.39 is 0 Å². The number of aliphatic hydroxyl groups excluding tert-OH is 1. The standard InChI is InChI=1S/C17H12BrFN4O/c18-10-5-6-14-12(7-10)17(11-3-1-2-4-13(11)19)20-8-15-21-22-16(9-24)23(14)15/h1-7,24H,8-9H2. The van der Waals surface area contributed by atoms with Crippen LogP contribution in [0.25, 0.3) is 5.69 Å². The molecule has 0 unspecified atom stereocenters. The Hall–Kier alpha value is -2.38. The summed E-state index contributed by atoms with van der Waals surface area (Å²) in [4.78, 5) is 4.58. The summed E-state index contributed by atoms with van der Waals surface area (Å²) in [6.07, 6.45) is 0. The number of hydrogen-bond acceptors (Lipinski definition) is 4. The fourth-order valence-corrected chi connectivity index (χ4v) is 3.21. The molecule has 1 aromatic heterocycles. The molecule has 4 rings (SSSR count). The number of aliphatic imine (C=N–C) groups is 1. The lowest BCUT2D eigenvalue weighted by molar-refractivity contribution is 0.268. The van der Waals surface area contributed by atoms with Gasteiger partial charge in [-0.15, -0.1) is 10.2 Å². The van der Waals surface area contributed by atoms with Gasteiger partial charge in [-0.3, -0.25) is 9.56 Å². The first-order valence-electron chi connectivity index (χ1n) is 7.32. The van der Waals surface area contributed by atoms with E-state index in [9.17, 15) is 9.50 Å². The molecule has 0 spiro atoms. The minimum Gasteiger partial charge on any atom is -0.388 e. The maximum Gasteiger partial charge on any atom is 0.163 e. The van der Waals surface area contributed by atoms with Gasteiger partial charge in [-0.2, -0.15) is 0 Å². The third-order valence-electron chi connectivity index (χ3n) is 3.90. The van der Waals surface area contributed by atoms with E-state index in [1.54, 1.807) is 22.8 Å². The van der Waals surface area contributed by atoms with E-state index in [2.05, 4.69) is 31.1 Å². The zero-order valence-corrected chi connectivity index (χ0v) is 14.0. The topological polar surface area (TPSA) is 63.3 Å². The van der Waals surface area contributed by atoms with Crippen molar-refractivity contribution in [1.82, 2.24) is 14.8 Å². The summed E-state index contributed by atoms with van der Waals surface area (Å²) >= 11 is 3.46. The summed E-state index contributed by atoms with van der Waals surface area (Å²) in [6, 6.07) is 12.2. The Morgan fingerprint density at radius 1 is 1.12 bits per heavy atom. The predicted octanol–water partition coefficient (Wildman–Crippen LogP) is 3.01. The minimum atomic E-state index is -0.331. The molecule has 0 amide bonds. The SMILES string of the molecule is OCc1nnc2n1-c1ccc(Br)cc1C(c1ccccc1F)=NC2. The van der Waals surface area contributed by atoms with E-state index in [1.807, 2.05) is 18.2 Å². The quantitative estimate of drug-likeness (QED) is 0.736. The van der Waals surface area contributed by atoms with Crippen LogP contribution in [0.1, 0.15) is 22.8 Å². The lowest BCUT2D eigenvalue weighted by Gasteiger charge is -2.13. The largest absolute Gasteiger partial charge is 0.388 e. The second-order valence-corrected chi connectivity index (χ2v) is 6.25. The molecule has 0 radical (unpaired) electrons. The maximum atomic E-state index is 14.3. The highest BCUT2D eigenvalue weighted by atomic mass is 79.9. The van der Waals surface area contributed by atoms with E-state index in [0.717, 1.165) is 15.7 Å². The second-order valence-electron chi connectivity index (χ2n) is 5.33. The van der Waals surface area contributed by atoms with Crippen molar-refractivity contribution < 1.29 is 9.50 Å². The highest BCUT2D eigenvalue weighted by Crippen LogP contribution is 2.29. The number of hydrogen-bond donors (Lipinski definition) is 1. The van der Waals surface area contributed by atoms with Crippen LogP contribution in [0.4, 0.5) is 4.39 Å². The summed E-state index contributed by atoms with van der Waals surface area (Å²) in [7, 11) is 0. The average Bonchev–Trinajstić information content (AvgIpc) is 2.93. The second kappa shape index (κ2) is 5.92. The molecule has 1 N–H and O–H groups in total. The van der Waals surface area contributed by atoms with E-state index in [4.69, 9.17) is 0 Å². The summed E-state index contributed by atoms with van der Waals surface area (Å²) in [6.45, 7) is 0.0144. The number of fused-ring (bicyclic) bond motifs is 3. The molecule has 3 aromatic rings. The zero-order chi connectivity index (χ0) is 16.7. The first-order chi connectivity index (χ1) is 11.7. The van der Waals surface area contributed by atoms with Gasteiger partial charge in [0.1, 0.15) is 19.0 Å². The fraction of sp³-hybridized carbons (Fsp3) is 0.118. The molecule has 0 aliphatic carbocycles. The van der Waals surface area contributed by atoms with Crippen LogP contribution in [0, 0.1) is 5.82 Å². The van der Waals surface area contributed by atoms with Crippen molar-refractivity contribution in [2.24, 2.45) is 4.99 Å². The van der Waals surface area contributed by atoms with Crippen molar-refractivity contribution in [3.8, 4) is 5.69 Å². The molecule has 0 bridgehead atoms. The van der Waals surface area contributed by atoms with Crippen LogP contribution >= 0.6 is 15.9 Å². The first kappa shape index (κ1) is 15.2. The lowest BCUT2D eigenvalue weighted by atomic mass is 10.00. The van der Waals surface area contributed by atoms with Gasteiger partial charge in [0.25, 0.3) is 0 Å². The van der Waals surface area contributed by atoms with Crippen molar-refractivity contribution in [2.75, 3.05) is 0 Å². The van der Waals surface area contributed by atoms with E-state index in [1.165, 1.54) is 6.07 Å². The number of halogens is 2. The van der Waals surface area contributed by atoms with Gasteiger partial charge in [0.05, 0.1) is 11.4 Å². The maximum absolute atomic E-state index is 14.3. The van der Waals surface area contributed by atoms with Crippen molar-refractivity contribution in [2.45, 2.75) is 13.2 Å². The smallest absolute Gasteiger partial charge is 0.163 e. The Morgan fingerprint density at radius 3 is 2.75 bits per heavy atom. The number of rotatable bonds is 2. The van der Waals surface area contributed by atoms with Gasteiger partial charge in [0.2, 0.25) is 0 Å². The van der Waals surface area contributed by atoms with E-state index >= 15 is 0 Å². The molecule has 1 aliphatic rings. The van der Waals surface area contributed by atoms with Crippen molar-refractivity contribution in [1.29, 1.82) is 0 Å². The van der Waals surface area contributed by atoms with Crippen molar-refractivity contribution in [3.05, 3.63) is 75.5 Å². The molecule has 0 saturated carbocycles. The predicted molar refractivity (Wildman–Crippen MR) is 90.7 cm³/mol. The van der Waals surface area contributed by atoms with Gasteiger partial charge in [-0.05, 0) is 30.3 Å². The van der Waals surface area contributed by atoms with Crippen LogP contribution in [-0.2, 0) is 13.2 Å². The molecule has 120 valence electrons. The van der Waals surface area contributed by atoms with Crippen LogP contribution in [0.2, 0.25) is 0 Å². The van der Waals surface area contributed by atoms with Gasteiger partial charge in [0.15, 0.2) is 11.6 Å². The lowest BCUT2D eigenvalue weighted by Crippen LogP contribution is -2.10. The molecule has 7 heteroatoms. The Kier molecular flexibility index (Phi) is 3.74. The molecule has 0 atom stereocenters. The van der Waals surface area contributed by atoms with Gasteiger partial charge in [-0.25, -0.2) is 4.39 Å². The van der Waals surface area contributed by atoms with Crippen LogP contribution in [0.15, 0.2) is 51.9 Å². The van der Waals surface area contributed by atoms with Crippen LogP contribution in [0.5, 0.6) is 0 Å². The Balaban J connectivity index is 2.01.